The highest BCUT2D eigenvalue weighted by Crippen LogP contribution is 2.23. The van der Waals surface area contributed by atoms with Gasteiger partial charge in [-0.15, -0.1) is 11.8 Å². The topological polar surface area (TPSA) is 37.8 Å². The van der Waals surface area contributed by atoms with Gasteiger partial charge in [0.15, 0.2) is 0 Å². The minimum Gasteiger partial charge on any atom is -0.369 e. The molecule has 0 amide bonds. The van der Waals surface area contributed by atoms with Gasteiger partial charge < -0.3 is 5.32 Å². The first-order valence-corrected chi connectivity index (χ1v) is 7.57. The first-order valence-electron chi connectivity index (χ1n) is 6.21. The van der Waals surface area contributed by atoms with Crippen LogP contribution in [0.1, 0.15) is 19.0 Å². The van der Waals surface area contributed by atoms with Crippen molar-refractivity contribution in [2.24, 2.45) is 0 Å². The van der Waals surface area contributed by atoms with E-state index in [1.165, 1.54) is 4.90 Å². The molecule has 0 aliphatic carbocycles. The Bertz CT molecular complexity index is 499. The first-order chi connectivity index (χ1) is 9.28. The third kappa shape index (κ3) is 4.73. The molecule has 0 atom stereocenters. The molecule has 0 saturated carbocycles. The number of hydrogen-bond acceptors (Lipinski definition) is 4. The van der Waals surface area contributed by atoms with Gasteiger partial charge in [0.2, 0.25) is 0 Å². The number of anilines is 1. The van der Waals surface area contributed by atoms with Crippen LogP contribution in [-0.4, -0.2) is 16.5 Å². The van der Waals surface area contributed by atoms with E-state index in [4.69, 9.17) is 11.6 Å². The van der Waals surface area contributed by atoms with E-state index in [1.807, 2.05) is 30.5 Å². The molecular formula is C14H16ClN3S. The van der Waals surface area contributed by atoms with Gasteiger partial charge in [-0.1, -0.05) is 18.5 Å². The molecule has 1 N–H and O–H groups in total. The van der Waals surface area contributed by atoms with Crippen LogP contribution in [0, 0.1) is 0 Å². The maximum Gasteiger partial charge on any atom is 0.144 e. The monoisotopic (exact) mass is 293 g/mol. The number of thioether (sulfide) groups is 1. The van der Waals surface area contributed by atoms with Crippen molar-refractivity contribution in [3.63, 3.8) is 0 Å². The molecule has 100 valence electrons. The number of halogens is 1. The van der Waals surface area contributed by atoms with E-state index in [-0.39, 0.29) is 0 Å². The Hall–Kier alpha value is -1.26. The lowest BCUT2D eigenvalue weighted by atomic mass is 10.4. The highest BCUT2D eigenvalue weighted by atomic mass is 35.5. The highest BCUT2D eigenvalue weighted by Gasteiger charge is 1.99. The Balaban J connectivity index is 1.87. The fourth-order valence-corrected chi connectivity index (χ4v) is 2.38. The van der Waals surface area contributed by atoms with Crippen LogP contribution < -0.4 is 5.32 Å². The third-order valence-corrected chi connectivity index (χ3v) is 3.76. The predicted octanol–water partition coefficient (Wildman–Crippen LogP) is 4.24. The third-order valence-electron chi connectivity index (χ3n) is 2.46. The number of benzene rings is 1. The molecular weight excluding hydrogens is 278 g/mol. The normalized spacial score (nSPS) is 10.4. The minimum absolute atomic E-state index is 0.760. The van der Waals surface area contributed by atoms with E-state index in [2.05, 4.69) is 22.2 Å². The molecule has 0 aliphatic rings. The Morgan fingerprint density at radius 3 is 2.58 bits per heavy atom. The quantitative estimate of drug-likeness (QED) is 0.808. The maximum atomic E-state index is 5.85. The van der Waals surface area contributed by atoms with Crippen LogP contribution in [-0.2, 0) is 5.75 Å². The second kappa shape index (κ2) is 7.36. The molecule has 3 nitrogen and oxygen atoms in total. The lowest BCUT2D eigenvalue weighted by Gasteiger charge is -2.04. The minimum atomic E-state index is 0.760. The van der Waals surface area contributed by atoms with E-state index in [0.29, 0.717) is 0 Å². The van der Waals surface area contributed by atoms with Gasteiger partial charge in [0, 0.05) is 22.2 Å². The van der Waals surface area contributed by atoms with Gasteiger partial charge in [-0.3, -0.25) is 4.98 Å². The lowest BCUT2D eigenvalue weighted by Crippen LogP contribution is -2.02. The number of rotatable bonds is 6. The van der Waals surface area contributed by atoms with Crippen LogP contribution in [0.15, 0.2) is 41.6 Å². The van der Waals surface area contributed by atoms with Gasteiger partial charge in [0.05, 0.1) is 18.1 Å². The summed E-state index contributed by atoms with van der Waals surface area (Å²) in [5.74, 6) is 1.64. The van der Waals surface area contributed by atoms with Gasteiger partial charge >= 0.3 is 0 Å². The fourth-order valence-electron chi connectivity index (χ4n) is 1.46. The molecule has 0 spiro atoms. The van der Waals surface area contributed by atoms with E-state index in [0.717, 1.165) is 35.3 Å². The molecule has 0 radical (unpaired) electrons. The van der Waals surface area contributed by atoms with E-state index < -0.39 is 0 Å². The number of aromatic nitrogens is 2. The van der Waals surface area contributed by atoms with Gasteiger partial charge in [-0.25, -0.2) is 4.98 Å². The van der Waals surface area contributed by atoms with Crippen LogP contribution in [0.4, 0.5) is 5.82 Å². The van der Waals surface area contributed by atoms with Gasteiger partial charge in [0.1, 0.15) is 5.82 Å². The molecule has 19 heavy (non-hydrogen) atoms. The Morgan fingerprint density at radius 2 is 1.95 bits per heavy atom. The summed E-state index contributed by atoms with van der Waals surface area (Å²) in [5.41, 5.74) is 0.974. The van der Waals surface area contributed by atoms with Gasteiger partial charge in [-0.05, 0) is 30.7 Å². The van der Waals surface area contributed by atoms with Gasteiger partial charge in [0.25, 0.3) is 0 Å². The summed E-state index contributed by atoms with van der Waals surface area (Å²) in [5, 5.41) is 3.97. The molecule has 1 heterocycles. The number of nitrogens with one attached hydrogen (secondary N) is 1. The molecule has 0 bridgehead atoms. The zero-order chi connectivity index (χ0) is 13.5. The van der Waals surface area contributed by atoms with Crippen LogP contribution in [0.3, 0.4) is 0 Å². The van der Waals surface area contributed by atoms with Crippen molar-refractivity contribution in [2.45, 2.75) is 24.0 Å². The molecule has 0 aliphatic heterocycles. The smallest absolute Gasteiger partial charge is 0.144 e. The second-order valence-electron chi connectivity index (χ2n) is 4.06. The molecule has 0 unspecified atom stereocenters. The van der Waals surface area contributed by atoms with E-state index in [1.54, 1.807) is 18.0 Å². The summed E-state index contributed by atoms with van der Waals surface area (Å²) in [6.45, 7) is 3.05. The van der Waals surface area contributed by atoms with Crippen molar-refractivity contribution >= 4 is 29.2 Å². The number of nitrogens with zero attached hydrogens (tertiary/aromatic N) is 2. The predicted molar refractivity (Wildman–Crippen MR) is 81.8 cm³/mol. The molecule has 1 aromatic heterocycles. The lowest BCUT2D eigenvalue weighted by molar-refractivity contribution is 0.960. The van der Waals surface area contributed by atoms with Crippen LogP contribution in [0.25, 0.3) is 0 Å². The summed E-state index contributed by atoms with van der Waals surface area (Å²) in [7, 11) is 0. The molecule has 2 rings (SSSR count). The van der Waals surface area contributed by atoms with Crippen molar-refractivity contribution in [3.05, 3.63) is 47.4 Å². The van der Waals surface area contributed by atoms with Crippen molar-refractivity contribution in [3.8, 4) is 0 Å². The standard InChI is InChI=1S/C14H16ClN3S/c1-2-7-16-14-9-17-12(8-18-14)10-19-13-5-3-11(15)4-6-13/h3-6,8-9H,2,7,10H2,1H3,(H,16,18). The zero-order valence-electron chi connectivity index (χ0n) is 10.8. The Morgan fingerprint density at radius 1 is 1.16 bits per heavy atom. The molecule has 0 fully saturated rings. The largest absolute Gasteiger partial charge is 0.369 e. The van der Waals surface area contributed by atoms with Crippen molar-refractivity contribution in [1.29, 1.82) is 0 Å². The van der Waals surface area contributed by atoms with Gasteiger partial charge in [-0.2, -0.15) is 0 Å². The van der Waals surface area contributed by atoms with E-state index >= 15 is 0 Å². The average molecular weight is 294 g/mol. The van der Waals surface area contributed by atoms with Crippen molar-refractivity contribution < 1.29 is 0 Å². The number of hydrogen-bond donors (Lipinski definition) is 1. The Kier molecular flexibility index (Phi) is 5.48. The summed E-state index contributed by atoms with van der Waals surface area (Å²) < 4.78 is 0. The summed E-state index contributed by atoms with van der Waals surface area (Å²) in [6.07, 6.45) is 4.68. The SMILES string of the molecule is CCCNc1cnc(CSc2ccc(Cl)cc2)cn1. The summed E-state index contributed by atoms with van der Waals surface area (Å²) in [4.78, 5) is 9.91. The van der Waals surface area contributed by atoms with E-state index in [9.17, 15) is 0 Å². The summed E-state index contributed by atoms with van der Waals surface area (Å²) >= 11 is 7.57. The highest BCUT2D eigenvalue weighted by molar-refractivity contribution is 7.98. The molecule has 2 aromatic rings. The maximum absolute atomic E-state index is 5.85. The zero-order valence-corrected chi connectivity index (χ0v) is 12.3. The van der Waals surface area contributed by atoms with Crippen molar-refractivity contribution in [2.75, 3.05) is 11.9 Å². The van der Waals surface area contributed by atoms with Crippen molar-refractivity contribution in [1.82, 2.24) is 9.97 Å². The molecule has 1 aromatic carbocycles. The van der Waals surface area contributed by atoms with Crippen LogP contribution in [0.5, 0.6) is 0 Å². The first kappa shape index (κ1) is 14.2. The molecule has 0 saturated heterocycles. The summed E-state index contributed by atoms with van der Waals surface area (Å²) in [6, 6.07) is 7.82. The average Bonchev–Trinajstić information content (AvgIpc) is 2.46. The fraction of sp³-hybridized carbons (Fsp3) is 0.286. The second-order valence-corrected chi connectivity index (χ2v) is 5.55. The van der Waals surface area contributed by atoms with Crippen LogP contribution >= 0.6 is 23.4 Å². The van der Waals surface area contributed by atoms with Crippen LogP contribution in [0.2, 0.25) is 5.02 Å². The molecule has 5 heteroatoms. The Labute approximate surface area is 122 Å².